The number of hydrogen-bond donors (Lipinski definition) is 1. The average molecular weight is 481 g/mol. The van der Waals surface area contributed by atoms with Crippen LogP contribution in [0.3, 0.4) is 0 Å². The molecule has 0 aromatic carbocycles. The van der Waals surface area contributed by atoms with Gasteiger partial charge in [-0.3, -0.25) is 9.59 Å². The monoisotopic (exact) mass is 480 g/mol. The number of esters is 1. The van der Waals surface area contributed by atoms with Crippen molar-refractivity contribution in [3.8, 4) is 0 Å². The first-order valence-electron chi connectivity index (χ1n) is 11.2. The Hall–Kier alpha value is -1.76. The quantitative estimate of drug-likeness (QED) is 0.104. The molecule has 0 fully saturated rings. The van der Waals surface area contributed by atoms with E-state index in [4.69, 9.17) is 43.0 Å². The topological polar surface area (TPSA) is 128 Å². The number of aliphatic carboxylic acids is 1. The third-order valence-electron chi connectivity index (χ3n) is 3.84. The molecule has 0 aliphatic rings. The normalized spacial score (nSPS) is 10.8. The van der Waals surface area contributed by atoms with E-state index in [1.807, 2.05) is 0 Å². The van der Waals surface area contributed by atoms with Gasteiger partial charge in [-0.2, -0.15) is 0 Å². The predicted octanol–water partition coefficient (Wildman–Crippen LogP) is 1.43. The van der Waals surface area contributed by atoms with Gasteiger partial charge >= 0.3 is 11.9 Å². The molecule has 0 saturated heterocycles. The number of carboxylic acid groups (broad SMARTS) is 1. The lowest BCUT2D eigenvalue weighted by molar-refractivity contribution is -0.146. The van der Waals surface area contributed by atoms with E-state index in [1.54, 1.807) is 0 Å². The predicted molar refractivity (Wildman–Crippen MR) is 118 cm³/mol. The van der Waals surface area contributed by atoms with Gasteiger partial charge in [-0.05, 0) is 12.8 Å². The number of carbonyl (C=O) groups excluding carboxylic acids is 1. The van der Waals surface area contributed by atoms with E-state index in [9.17, 15) is 9.59 Å². The molecule has 0 aromatic rings. The van der Waals surface area contributed by atoms with Crippen LogP contribution < -0.4 is 0 Å². The molecule has 11 nitrogen and oxygen atoms in total. The third kappa shape index (κ3) is 28.2. The number of hydrogen-bond acceptors (Lipinski definition) is 10. The van der Waals surface area contributed by atoms with Gasteiger partial charge in [0.05, 0.1) is 85.5 Å². The Labute approximate surface area is 196 Å². The summed E-state index contributed by atoms with van der Waals surface area (Å²) in [6.45, 7) is 9.63. The number of carbonyl (C=O) groups is 2. The fourth-order valence-corrected chi connectivity index (χ4v) is 2.22. The molecule has 0 bridgehead atoms. The van der Waals surface area contributed by atoms with Gasteiger partial charge in [0.2, 0.25) is 0 Å². The van der Waals surface area contributed by atoms with Crippen molar-refractivity contribution in [3.05, 3.63) is 12.8 Å². The minimum Gasteiger partial charge on any atom is -0.499 e. The van der Waals surface area contributed by atoms with Crippen molar-refractivity contribution in [3.63, 3.8) is 0 Å². The highest BCUT2D eigenvalue weighted by Crippen LogP contribution is 2.01. The molecule has 33 heavy (non-hydrogen) atoms. The molecule has 1 N–H and O–H groups in total. The molecule has 0 heterocycles. The standard InChI is InChI=1S/C22H40O11/c1-2-26-7-8-27-9-10-28-11-12-29-13-14-30-15-16-31-17-18-32-19-20-33-22(25)6-4-3-5-21(23)24/h2H,1,3-20H2,(H,23,24). The van der Waals surface area contributed by atoms with Crippen LogP contribution in [0.15, 0.2) is 12.8 Å². The fourth-order valence-electron chi connectivity index (χ4n) is 2.22. The van der Waals surface area contributed by atoms with E-state index in [2.05, 4.69) is 6.58 Å². The van der Waals surface area contributed by atoms with Gasteiger partial charge in [0.15, 0.2) is 0 Å². The molecule has 0 spiro atoms. The summed E-state index contributed by atoms with van der Waals surface area (Å²) in [5.41, 5.74) is 0. The molecule has 194 valence electrons. The fraction of sp³-hybridized carbons (Fsp3) is 0.818. The van der Waals surface area contributed by atoms with Crippen molar-refractivity contribution in [1.82, 2.24) is 0 Å². The van der Waals surface area contributed by atoms with E-state index in [0.29, 0.717) is 98.7 Å². The van der Waals surface area contributed by atoms with Gasteiger partial charge in [0.25, 0.3) is 0 Å². The van der Waals surface area contributed by atoms with Crippen molar-refractivity contribution in [2.45, 2.75) is 25.7 Å². The molecule has 0 radical (unpaired) electrons. The molecule has 0 amide bonds. The molecule has 0 aliphatic heterocycles. The summed E-state index contributed by atoms with van der Waals surface area (Å²) in [5, 5.41) is 8.51. The van der Waals surface area contributed by atoms with E-state index >= 15 is 0 Å². The minimum atomic E-state index is -0.860. The Bertz CT molecular complexity index is 460. The second-order valence-electron chi connectivity index (χ2n) is 6.53. The maximum Gasteiger partial charge on any atom is 0.305 e. The lowest BCUT2D eigenvalue weighted by Crippen LogP contribution is -2.15. The van der Waals surface area contributed by atoms with Gasteiger partial charge in [-0.15, -0.1) is 0 Å². The Kier molecular flexibility index (Phi) is 25.1. The second kappa shape index (κ2) is 26.5. The summed E-state index contributed by atoms with van der Waals surface area (Å²) in [5.74, 6) is -1.20. The van der Waals surface area contributed by atoms with Crippen LogP contribution >= 0.6 is 0 Å². The average Bonchev–Trinajstić information content (AvgIpc) is 2.80. The lowest BCUT2D eigenvalue weighted by atomic mass is 10.2. The Morgan fingerprint density at radius 3 is 1.33 bits per heavy atom. The van der Waals surface area contributed by atoms with Crippen molar-refractivity contribution >= 4 is 11.9 Å². The summed E-state index contributed by atoms with van der Waals surface area (Å²) >= 11 is 0. The molecule has 0 aromatic heterocycles. The molecule has 11 heteroatoms. The van der Waals surface area contributed by atoms with E-state index in [0.717, 1.165) is 0 Å². The molecular weight excluding hydrogens is 440 g/mol. The highest BCUT2D eigenvalue weighted by molar-refractivity contribution is 5.69. The summed E-state index contributed by atoms with van der Waals surface area (Å²) in [4.78, 5) is 21.8. The highest BCUT2D eigenvalue weighted by atomic mass is 16.6. The molecular formula is C22H40O11. The number of ether oxygens (including phenoxy) is 8. The third-order valence-corrected chi connectivity index (χ3v) is 3.84. The molecule has 0 unspecified atom stereocenters. The van der Waals surface area contributed by atoms with Gasteiger partial charge < -0.3 is 43.0 Å². The second-order valence-corrected chi connectivity index (χ2v) is 6.53. The maximum atomic E-state index is 11.4. The van der Waals surface area contributed by atoms with Crippen molar-refractivity contribution in [2.75, 3.05) is 92.5 Å². The van der Waals surface area contributed by atoms with Crippen LogP contribution in [-0.2, 0) is 47.5 Å². The van der Waals surface area contributed by atoms with Crippen molar-refractivity contribution in [1.29, 1.82) is 0 Å². The summed E-state index contributed by atoms with van der Waals surface area (Å²) in [6.07, 6.45) is 2.64. The molecule has 0 atom stereocenters. The molecule has 0 saturated carbocycles. The first-order chi connectivity index (χ1) is 16.2. The Morgan fingerprint density at radius 1 is 0.576 bits per heavy atom. The zero-order valence-corrected chi connectivity index (χ0v) is 19.5. The van der Waals surface area contributed by atoms with Crippen LogP contribution in [0.5, 0.6) is 0 Å². The van der Waals surface area contributed by atoms with Crippen molar-refractivity contribution in [2.24, 2.45) is 0 Å². The smallest absolute Gasteiger partial charge is 0.305 e. The summed E-state index contributed by atoms with van der Waals surface area (Å²) < 4.78 is 42.0. The summed E-state index contributed by atoms with van der Waals surface area (Å²) in [6, 6.07) is 0. The molecule has 0 rings (SSSR count). The van der Waals surface area contributed by atoms with Crippen LogP contribution in [0.1, 0.15) is 25.7 Å². The zero-order chi connectivity index (χ0) is 24.2. The van der Waals surface area contributed by atoms with Gasteiger partial charge in [0.1, 0.15) is 13.2 Å². The minimum absolute atomic E-state index is 0.0654. The zero-order valence-electron chi connectivity index (χ0n) is 19.5. The van der Waals surface area contributed by atoms with Gasteiger partial charge in [-0.25, -0.2) is 0 Å². The first kappa shape index (κ1) is 31.2. The number of carboxylic acids is 1. The van der Waals surface area contributed by atoms with Crippen molar-refractivity contribution < 1.29 is 52.6 Å². The van der Waals surface area contributed by atoms with Crippen LogP contribution in [-0.4, -0.2) is 110 Å². The lowest BCUT2D eigenvalue weighted by Gasteiger charge is -2.08. The van der Waals surface area contributed by atoms with Crippen LogP contribution in [0, 0.1) is 0 Å². The van der Waals surface area contributed by atoms with Gasteiger partial charge in [-0.1, -0.05) is 6.58 Å². The maximum absolute atomic E-state index is 11.4. The molecule has 0 aliphatic carbocycles. The largest absolute Gasteiger partial charge is 0.499 e. The SMILES string of the molecule is C=COCCOCCOCCOCCOCCOCCOCCOC(=O)CCCCC(=O)O. The first-order valence-corrected chi connectivity index (χ1v) is 11.2. The van der Waals surface area contributed by atoms with E-state index < -0.39 is 5.97 Å². The number of unbranched alkanes of at least 4 members (excludes halogenated alkanes) is 1. The van der Waals surface area contributed by atoms with Crippen LogP contribution in [0.4, 0.5) is 0 Å². The number of rotatable bonds is 27. The Balaban J connectivity index is 3.11. The van der Waals surface area contributed by atoms with E-state index in [1.165, 1.54) is 6.26 Å². The van der Waals surface area contributed by atoms with E-state index in [-0.39, 0.29) is 25.4 Å². The summed E-state index contributed by atoms with van der Waals surface area (Å²) in [7, 11) is 0. The van der Waals surface area contributed by atoms with Crippen LogP contribution in [0.2, 0.25) is 0 Å². The van der Waals surface area contributed by atoms with Gasteiger partial charge in [0, 0.05) is 12.8 Å². The van der Waals surface area contributed by atoms with Crippen LogP contribution in [0.25, 0.3) is 0 Å². The Morgan fingerprint density at radius 2 is 0.939 bits per heavy atom. The highest BCUT2D eigenvalue weighted by Gasteiger charge is 2.04.